The Hall–Kier alpha value is -2.66. The van der Waals surface area contributed by atoms with Gasteiger partial charge >= 0.3 is 0 Å². The van der Waals surface area contributed by atoms with Gasteiger partial charge in [-0.2, -0.15) is 0 Å². The van der Waals surface area contributed by atoms with Gasteiger partial charge in [0.1, 0.15) is 5.41 Å². The van der Waals surface area contributed by atoms with Gasteiger partial charge in [-0.1, -0.05) is 84.1 Å². The predicted molar refractivity (Wildman–Crippen MR) is 138 cm³/mol. The van der Waals surface area contributed by atoms with Crippen molar-refractivity contribution >= 4 is 17.5 Å². The van der Waals surface area contributed by atoms with Gasteiger partial charge in [-0.05, 0) is 54.6 Å². The zero-order valence-electron chi connectivity index (χ0n) is 32.9. The van der Waals surface area contributed by atoms with Crippen LogP contribution in [0.4, 0.5) is 0 Å². The number of likely N-dealkylation sites (N-methyl/N-ethyl adjacent to an activating group) is 1. The molecular weight excluding hydrogens is 444 g/mol. The summed E-state index contributed by atoms with van der Waals surface area (Å²) in [4.78, 5) is 17.2. The molecule has 3 aromatic carbocycles. The van der Waals surface area contributed by atoms with Gasteiger partial charge < -0.3 is 14.9 Å². The van der Waals surface area contributed by atoms with Gasteiger partial charge in [-0.3, -0.25) is 4.79 Å². The number of hydrogen-bond acceptors (Lipinski definition) is 3. The van der Waals surface area contributed by atoms with E-state index in [9.17, 15) is 9.90 Å². The number of amides is 1. The van der Waals surface area contributed by atoms with Crippen molar-refractivity contribution in [1.29, 1.82) is 0 Å². The number of benzene rings is 3. The van der Waals surface area contributed by atoms with Gasteiger partial charge in [0.2, 0.25) is 5.91 Å². The Labute approximate surface area is 227 Å². The van der Waals surface area contributed by atoms with E-state index in [0.717, 1.165) is 4.90 Å². The predicted octanol–water partition coefficient (Wildman–Crippen LogP) is 5.09. The largest absolute Gasteiger partial charge is 0.385 e. The van der Waals surface area contributed by atoms with E-state index in [1.165, 1.54) is 14.1 Å². The number of likely N-dealkylation sites (tertiary alicyclic amines) is 1. The van der Waals surface area contributed by atoms with Crippen LogP contribution in [0.25, 0.3) is 0 Å². The van der Waals surface area contributed by atoms with E-state index in [-0.39, 0.29) is 43.1 Å². The van der Waals surface area contributed by atoms with E-state index in [0.29, 0.717) is 0 Å². The third-order valence-corrected chi connectivity index (χ3v) is 6.36. The minimum Gasteiger partial charge on any atom is -0.385 e. The van der Waals surface area contributed by atoms with Crippen LogP contribution >= 0.6 is 11.6 Å². The lowest BCUT2D eigenvalue weighted by Gasteiger charge is -2.41. The summed E-state index contributed by atoms with van der Waals surface area (Å²) in [5, 5.41) is 11.2. The van der Waals surface area contributed by atoms with E-state index in [4.69, 9.17) is 30.8 Å². The molecule has 1 aliphatic rings. The molecule has 5 heteroatoms. The van der Waals surface area contributed by atoms with Crippen LogP contribution < -0.4 is 0 Å². The SMILES string of the molecule is [2H]c1c([2H])c([2H])c(C(CCN2CCC(O)(c3c([2H])c([2H])c(Cl)c([2H])c3[2H])CC2)(C(=O)N(C)C)c2c([2H])c([2H])c([2H])c([2H])c2[2H])c([2H])c1[2H]. The fraction of sp³-hybridized carbons (Fsp3) is 0.345. The lowest BCUT2D eigenvalue weighted by Crippen LogP contribution is -2.48. The Bertz CT molecular complexity index is 1670. The van der Waals surface area contributed by atoms with Crippen LogP contribution in [-0.4, -0.2) is 54.5 Å². The summed E-state index contributed by atoms with van der Waals surface area (Å²) in [6.07, 6.45) is -0.570. The van der Waals surface area contributed by atoms with E-state index < -0.39 is 119 Å². The Balaban J connectivity index is 1.89. The molecule has 0 bridgehead atoms. The number of nitrogens with zero attached hydrogens (tertiary/aromatic N) is 2. The molecule has 0 aromatic heterocycles. The molecule has 4 nitrogen and oxygen atoms in total. The molecule has 0 unspecified atom stereocenters. The van der Waals surface area contributed by atoms with Crippen LogP contribution in [0.3, 0.4) is 0 Å². The summed E-state index contributed by atoms with van der Waals surface area (Å²) in [5.41, 5.74) is -5.47. The van der Waals surface area contributed by atoms with Crippen molar-refractivity contribution in [2.75, 3.05) is 33.7 Å². The highest BCUT2D eigenvalue weighted by Gasteiger charge is 2.43. The molecule has 178 valence electrons. The fourth-order valence-corrected chi connectivity index (χ4v) is 4.35. The van der Waals surface area contributed by atoms with Crippen molar-refractivity contribution in [3.05, 3.63) is 106 Å². The zero-order chi connectivity index (χ0) is 36.4. The quantitative estimate of drug-likeness (QED) is 0.501. The van der Waals surface area contributed by atoms with E-state index in [1.807, 2.05) is 0 Å². The third-order valence-electron chi connectivity index (χ3n) is 6.17. The van der Waals surface area contributed by atoms with Crippen molar-refractivity contribution < 1.29 is 29.1 Å². The first-order valence-electron chi connectivity index (χ1n) is 17.7. The molecule has 0 radical (unpaired) electrons. The minimum atomic E-state index is -2.38. The number of hydrogen-bond donors (Lipinski definition) is 1. The van der Waals surface area contributed by atoms with Gasteiger partial charge in [0.15, 0.2) is 0 Å². The second kappa shape index (κ2) is 10.3. The topological polar surface area (TPSA) is 43.8 Å². The number of piperidine rings is 1. The maximum Gasteiger partial charge on any atom is 0.237 e. The normalized spacial score (nSPS) is 22.0. The van der Waals surface area contributed by atoms with Crippen LogP contribution in [0.2, 0.25) is 5.02 Å². The molecule has 0 aliphatic carbocycles. The maximum absolute atomic E-state index is 14.4. The molecule has 3 aromatic rings. The Morgan fingerprint density at radius 1 is 0.971 bits per heavy atom. The van der Waals surface area contributed by atoms with Crippen molar-refractivity contribution in [1.82, 2.24) is 9.80 Å². The minimum absolute atomic E-state index is 0.0753. The van der Waals surface area contributed by atoms with Crippen molar-refractivity contribution in [3.8, 4) is 0 Å². The van der Waals surface area contributed by atoms with Crippen molar-refractivity contribution in [2.45, 2.75) is 30.3 Å². The zero-order valence-corrected chi connectivity index (χ0v) is 19.6. The summed E-state index contributed by atoms with van der Waals surface area (Å²) in [6, 6.07) is -9.64. The first kappa shape index (κ1) is 12.3. The van der Waals surface area contributed by atoms with Gasteiger partial charge in [0.05, 0.1) is 24.8 Å². The molecule has 0 atom stereocenters. The molecule has 0 spiro atoms. The smallest absolute Gasteiger partial charge is 0.237 e. The van der Waals surface area contributed by atoms with E-state index in [2.05, 4.69) is 0 Å². The van der Waals surface area contributed by atoms with Crippen LogP contribution in [0.1, 0.15) is 55.1 Å². The van der Waals surface area contributed by atoms with Crippen LogP contribution in [0.15, 0.2) is 84.6 Å². The number of carbonyl (C=O) groups is 1. The molecule has 4 rings (SSSR count). The number of rotatable bonds is 7. The Morgan fingerprint density at radius 3 is 1.94 bits per heavy atom. The van der Waals surface area contributed by atoms with Crippen LogP contribution in [0.5, 0.6) is 0 Å². The van der Waals surface area contributed by atoms with Crippen molar-refractivity contribution in [2.24, 2.45) is 0 Å². The highest BCUT2D eigenvalue weighted by atomic mass is 35.5. The van der Waals surface area contributed by atoms with E-state index in [1.54, 1.807) is 4.90 Å². The van der Waals surface area contributed by atoms with Gasteiger partial charge in [0, 0.05) is 32.2 Å². The molecule has 1 heterocycles. The Morgan fingerprint density at radius 2 is 1.47 bits per heavy atom. The summed E-state index contributed by atoms with van der Waals surface area (Å²) < 4.78 is 118. The fourth-order valence-electron chi connectivity index (χ4n) is 4.26. The maximum atomic E-state index is 14.4. The molecule has 1 amide bonds. The summed E-state index contributed by atoms with van der Waals surface area (Å²) in [5.74, 6) is -0.891. The van der Waals surface area contributed by atoms with Crippen molar-refractivity contribution in [3.63, 3.8) is 0 Å². The second-order valence-electron chi connectivity index (χ2n) is 8.42. The van der Waals surface area contributed by atoms with Crippen LogP contribution in [0, 0.1) is 0 Å². The first-order chi connectivity index (χ1) is 22.2. The monoisotopic (exact) mass is 490 g/mol. The number of halogens is 1. The molecule has 0 saturated carbocycles. The standard InChI is InChI=1S/C29H33ClN2O2/c1-31(2)27(33)29(24-9-5-3-6-10-24,25-11-7-4-8-12-25)19-22-32-20-17-28(34,18-21-32)23-13-15-26(30)16-14-23/h3-16,34H,17-22H2,1-2H3/i3D,4D,5D,6D,7D,8D,9D,10D,11D,12D,13D,14D,15D,16D. The molecule has 1 fully saturated rings. The lowest BCUT2D eigenvalue weighted by molar-refractivity contribution is -0.133. The van der Waals surface area contributed by atoms with Crippen LogP contribution in [-0.2, 0) is 15.8 Å². The highest BCUT2D eigenvalue weighted by molar-refractivity contribution is 6.30. The molecule has 1 saturated heterocycles. The summed E-state index contributed by atoms with van der Waals surface area (Å²) in [6.45, 7) is 0.0628. The number of aliphatic hydroxyl groups is 1. The highest BCUT2D eigenvalue weighted by Crippen LogP contribution is 2.39. The second-order valence-corrected chi connectivity index (χ2v) is 8.80. The molecular formula is C29H33ClN2O2. The Kier molecular flexibility index (Phi) is 3.74. The first-order valence-corrected chi connectivity index (χ1v) is 11.1. The van der Waals surface area contributed by atoms with Gasteiger partial charge in [-0.15, -0.1) is 0 Å². The summed E-state index contributed by atoms with van der Waals surface area (Å²) in [7, 11) is 2.68. The van der Waals surface area contributed by atoms with Gasteiger partial charge in [-0.25, -0.2) is 0 Å². The lowest BCUT2D eigenvalue weighted by atomic mass is 9.70. The van der Waals surface area contributed by atoms with Gasteiger partial charge in [0.25, 0.3) is 0 Å². The summed E-state index contributed by atoms with van der Waals surface area (Å²) >= 11 is 5.94. The molecule has 1 aliphatic heterocycles. The molecule has 34 heavy (non-hydrogen) atoms. The average Bonchev–Trinajstić information content (AvgIpc) is 3.05. The average molecular weight is 491 g/mol. The molecule has 1 N–H and O–H groups in total. The van der Waals surface area contributed by atoms with E-state index >= 15 is 0 Å². The number of carbonyl (C=O) groups excluding carboxylic acids is 1. The third kappa shape index (κ3) is 4.90.